The first-order valence-corrected chi connectivity index (χ1v) is 9.93. The number of rotatable bonds is 9. The summed E-state index contributed by atoms with van der Waals surface area (Å²) in [7, 11) is 0. The summed E-state index contributed by atoms with van der Waals surface area (Å²) >= 11 is 0. The van der Waals surface area contributed by atoms with Crippen LogP contribution in [0.15, 0.2) is 35.1 Å². The lowest BCUT2D eigenvalue weighted by molar-refractivity contribution is 0.481. The molecule has 8 heteroatoms. The maximum atomic E-state index is 13.4. The highest BCUT2D eigenvalue weighted by molar-refractivity contribution is 6.09. The predicted octanol–water partition coefficient (Wildman–Crippen LogP) is 1.34. The van der Waals surface area contributed by atoms with E-state index < -0.39 is 0 Å². The van der Waals surface area contributed by atoms with Crippen molar-refractivity contribution in [1.82, 2.24) is 14.9 Å². The van der Waals surface area contributed by atoms with E-state index in [0.29, 0.717) is 37.1 Å². The number of nitrogens with two attached hydrogens (primary N) is 2. The highest BCUT2D eigenvalue weighted by atomic mass is 16.3. The fourth-order valence-corrected chi connectivity index (χ4v) is 3.77. The van der Waals surface area contributed by atoms with E-state index in [1.54, 1.807) is 10.6 Å². The van der Waals surface area contributed by atoms with E-state index in [1.165, 1.54) is 6.07 Å². The number of aromatic hydroxyl groups is 1. The van der Waals surface area contributed by atoms with Gasteiger partial charge < -0.3 is 27.2 Å². The number of pyridine rings is 1. The number of nitrogens with one attached hydrogen (secondary N) is 2. The number of phenolic OH excluding ortho intramolecular Hbond substituents is 1. The number of hydrogen-bond donors (Lipinski definition) is 5. The molecule has 2 aromatic carbocycles. The number of anilines is 1. The number of phenols is 1. The molecule has 0 aliphatic heterocycles. The van der Waals surface area contributed by atoms with E-state index >= 15 is 0 Å². The Hall–Kier alpha value is -2.94. The first kappa shape index (κ1) is 19.4. The first-order valence-electron chi connectivity index (χ1n) is 9.93. The molecule has 7 N–H and O–H groups in total. The molecule has 2 aromatic heterocycles. The first-order chi connectivity index (χ1) is 14.2. The van der Waals surface area contributed by atoms with Crippen LogP contribution in [0.5, 0.6) is 5.75 Å². The van der Waals surface area contributed by atoms with Crippen LogP contribution in [0.2, 0.25) is 0 Å². The van der Waals surface area contributed by atoms with E-state index in [9.17, 15) is 9.90 Å². The second-order valence-corrected chi connectivity index (χ2v) is 7.13. The molecule has 0 atom stereocenters. The van der Waals surface area contributed by atoms with Gasteiger partial charge >= 0.3 is 0 Å². The highest BCUT2D eigenvalue weighted by Crippen LogP contribution is 2.33. The lowest BCUT2D eigenvalue weighted by Gasteiger charge is -2.11. The van der Waals surface area contributed by atoms with Crippen molar-refractivity contribution >= 4 is 32.9 Å². The molecule has 0 saturated heterocycles. The van der Waals surface area contributed by atoms with Gasteiger partial charge in [-0.15, -0.1) is 0 Å². The third-order valence-corrected chi connectivity index (χ3v) is 5.17. The fraction of sp³-hybridized carbons (Fsp3) is 0.333. The molecule has 0 unspecified atom stereocenters. The lowest BCUT2D eigenvalue weighted by atomic mass is 10.0. The summed E-state index contributed by atoms with van der Waals surface area (Å²) in [5.41, 5.74) is 13.9. The second kappa shape index (κ2) is 8.20. The van der Waals surface area contributed by atoms with Crippen LogP contribution in [0.1, 0.15) is 18.5 Å². The Bertz CT molecular complexity index is 1200. The molecule has 0 fully saturated rings. The smallest absolute Gasteiger partial charge is 0.203 e. The van der Waals surface area contributed by atoms with Gasteiger partial charge in [-0.3, -0.25) is 4.79 Å². The molecule has 0 amide bonds. The Morgan fingerprint density at radius 3 is 2.62 bits per heavy atom. The van der Waals surface area contributed by atoms with Crippen molar-refractivity contribution < 1.29 is 5.11 Å². The Morgan fingerprint density at radius 2 is 1.83 bits per heavy atom. The lowest BCUT2D eigenvalue weighted by Crippen LogP contribution is -2.18. The summed E-state index contributed by atoms with van der Waals surface area (Å²) in [6.07, 6.45) is 1.68. The van der Waals surface area contributed by atoms with E-state index in [4.69, 9.17) is 16.6 Å². The molecule has 29 heavy (non-hydrogen) atoms. The number of benzene rings is 2. The molecular formula is C21H26N6O2. The van der Waals surface area contributed by atoms with E-state index in [2.05, 4.69) is 10.6 Å². The van der Waals surface area contributed by atoms with Gasteiger partial charge in [-0.05, 0) is 56.7 Å². The van der Waals surface area contributed by atoms with Crippen LogP contribution >= 0.6 is 0 Å². The summed E-state index contributed by atoms with van der Waals surface area (Å²) < 4.78 is 1.77. The Labute approximate surface area is 167 Å². The van der Waals surface area contributed by atoms with Crippen LogP contribution in [0, 0.1) is 0 Å². The largest absolute Gasteiger partial charge is 0.507 e. The molecule has 0 radical (unpaired) electrons. The number of nitrogens with zero attached hydrogens (tertiary/aromatic N) is 2. The summed E-state index contributed by atoms with van der Waals surface area (Å²) in [5, 5.41) is 23.6. The third-order valence-electron chi connectivity index (χ3n) is 5.17. The zero-order valence-electron chi connectivity index (χ0n) is 16.2. The van der Waals surface area contributed by atoms with Crippen molar-refractivity contribution in [2.75, 3.05) is 31.5 Å². The minimum absolute atomic E-state index is 0.0406. The SMILES string of the molecule is NCCCNCc1nn2c3cccc(O)c3c(=O)c3c(NCCCN)ccc1c32. The van der Waals surface area contributed by atoms with Crippen LogP contribution in [-0.4, -0.2) is 40.9 Å². The van der Waals surface area contributed by atoms with Gasteiger partial charge in [0.1, 0.15) is 5.75 Å². The summed E-state index contributed by atoms with van der Waals surface area (Å²) in [6, 6.07) is 8.97. The molecule has 4 rings (SSSR count). The predicted molar refractivity (Wildman–Crippen MR) is 117 cm³/mol. The average molecular weight is 394 g/mol. The van der Waals surface area contributed by atoms with Crippen LogP contribution in [0.25, 0.3) is 27.2 Å². The molecule has 0 saturated carbocycles. The van der Waals surface area contributed by atoms with Crippen molar-refractivity contribution in [2.45, 2.75) is 19.4 Å². The topological polar surface area (TPSA) is 131 Å². The minimum atomic E-state index is -0.200. The Morgan fingerprint density at radius 1 is 1.03 bits per heavy atom. The van der Waals surface area contributed by atoms with E-state index in [0.717, 1.165) is 41.7 Å². The summed E-state index contributed by atoms with van der Waals surface area (Å²) in [4.78, 5) is 13.4. The highest BCUT2D eigenvalue weighted by Gasteiger charge is 2.21. The van der Waals surface area contributed by atoms with E-state index in [1.807, 2.05) is 18.2 Å². The number of fused-ring (bicyclic) bond motifs is 2. The summed E-state index contributed by atoms with van der Waals surface area (Å²) in [5.74, 6) is -0.0406. The number of hydrogen-bond acceptors (Lipinski definition) is 7. The fourth-order valence-electron chi connectivity index (χ4n) is 3.77. The minimum Gasteiger partial charge on any atom is -0.507 e. The maximum Gasteiger partial charge on any atom is 0.203 e. The van der Waals surface area contributed by atoms with Gasteiger partial charge in [0.05, 0.1) is 27.5 Å². The normalized spacial score (nSPS) is 11.8. The Kier molecular flexibility index (Phi) is 5.48. The Balaban J connectivity index is 1.95. The standard InChI is InChI=1S/C21H26N6O2/c22-8-2-10-24-12-15-13-6-7-14(25-11-3-9-23)18-20(13)27(26-15)16-4-1-5-17(28)19(16)21(18)29/h1,4-7,24-25,28H,2-3,8-12,22-23H2. The van der Waals surface area contributed by atoms with Gasteiger partial charge in [-0.1, -0.05) is 6.07 Å². The van der Waals surface area contributed by atoms with Gasteiger partial charge in [0, 0.05) is 24.2 Å². The zero-order chi connectivity index (χ0) is 20.4. The van der Waals surface area contributed by atoms with Crippen LogP contribution < -0.4 is 27.5 Å². The second-order valence-electron chi connectivity index (χ2n) is 7.13. The van der Waals surface area contributed by atoms with Gasteiger partial charge in [0.25, 0.3) is 0 Å². The third kappa shape index (κ3) is 3.35. The van der Waals surface area contributed by atoms with Crippen molar-refractivity contribution in [3.8, 4) is 5.75 Å². The van der Waals surface area contributed by atoms with Crippen molar-refractivity contribution in [3.05, 3.63) is 46.2 Å². The van der Waals surface area contributed by atoms with Gasteiger partial charge in [0.2, 0.25) is 5.43 Å². The van der Waals surface area contributed by atoms with E-state index in [-0.39, 0.29) is 16.6 Å². The molecule has 0 bridgehead atoms. The van der Waals surface area contributed by atoms with Crippen molar-refractivity contribution in [1.29, 1.82) is 0 Å². The molecule has 2 heterocycles. The van der Waals surface area contributed by atoms with Gasteiger partial charge in [-0.25, -0.2) is 4.52 Å². The average Bonchev–Trinajstić information content (AvgIpc) is 3.09. The van der Waals surface area contributed by atoms with Crippen LogP contribution in [-0.2, 0) is 6.54 Å². The molecule has 0 aliphatic rings. The molecule has 0 spiro atoms. The molecule has 152 valence electrons. The molecule has 0 aliphatic carbocycles. The van der Waals surface area contributed by atoms with Crippen molar-refractivity contribution in [3.63, 3.8) is 0 Å². The van der Waals surface area contributed by atoms with Gasteiger partial charge in [0.15, 0.2) is 0 Å². The monoisotopic (exact) mass is 394 g/mol. The summed E-state index contributed by atoms with van der Waals surface area (Å²) in [6.45, 7) is 3.24. The maximum absolute atomic E-state index is 13.4. The molecule has 4 aromatic rings. The van der Waals surface area contributed by atoms with Crippen LogP contribution in [0.4, 0.5) is 5.69 Å². The van der Waals surface area contributed by atoms with Gasteiger partial charge in [-0.2, -0.15) is 5.10 Å². The molecule has 8 nitrogen and oxygen atoms in total. The zero-order valence-corrected chi connectivity index (χ0v) is 16.2. The number of aromatic nitrogens is 2. The molecular weight excluding hydrogens is 368 g/mol. The quantitative estimate of drug-likeness (QED) is 0.214. The van der Waals surface area contributed by atoms with Crippen molar-refractivity contribution in [2.24, 2.45) is 11.5 Å². The van der Waals surface area contributed by atoms with Crippen LogP contribution in [0.3, 0.4) is 0 Å².